The van der Waals surface area contributed by atoms with Crippen LogP contribution >= 0.6 is 11.6 Å². The maximum atomic E-state index is 16.4. The van der Waals surface area contributed by atoms with E-state index in [9.17, 15) is 24.7 Å². The van der Waals surface area contributed by atoms with E-state index in [0.717, 1.165) is 10.1 Å². The van der Waals surface area contributed by atoms with E-state index in [1.807, 2.05) is 30.3 Å². The number of carbonyl (C=O) groups is 3. The molecular formula is C33H28ClFN6O8. The van der Waals surface area contributed by atoms with Crippen LogP contribution in [0.15, 0.2) is 107 Å². The van der Waals surface area contributed by atoms with E-state index in [4.69, 9.17) is 30.5 Å². The summed E-state index contributed by atoms with van der Waals surface area (Å²) < 4.78 is 38.8. The Morgan fingerprint density at radius 3 is 2.47 bits per heavy atom. The Labute approximate surface area is 283 Å². The normalized spacial score (nSPS) is 20.3. The summed E-state index contributed by atoms with van der Waals surface area (Å²) in [6, 6.07) is 23.5. The van der Waals surface area contributed by atoms with Gasteiger partial charge in [-0.15, -0.1) is 0 Å². The van der Waals surface area contributed by atoms with Crippen molar-refractivity contribution in [3.8, 4) is 0 Å². The first-order chi connectivity index (χ1) is 23.7. The van der Waals surface area contributed by atoms with E-state index in [-0.39, 0.29) is 28.6 Å². The molecule has 0 amide bonds. The number of carbonyl (C=O) groups excluding carboxylic acids is 3. The standard InChI is InChI=1S/C33H28ClFN6O8/c34-24-13-7-12-23(17-24)30(43)47-19-33(39-40-36)28(48-31(44)22-10-5-2-6-11-22)27(35)29(49-33)41-15-14-26(38-32(41)45)37-25(18-46-20-42)16-21-8-3-1-4-9-21/h1-15,17,20,25,27-29H,16,18-19H2,(H,37,38,45)/t25-,27-,28?,29?,33+/m0/s1. The molecule has 0 aliphatic carbocycles. The number of azide groups is 1. The number of hydrogen-bond acceptors (Lipinski definition) is 11. The summed E-state index contributed by atoms with van der Waals surface area (Å²) in [5, 5.41) is 6.86. The molecule has 1 aliphatic heterocycles. The Morgan fingerprint density at radius 2 is 1.80 bits per heavy atom. The van der Waals surface area contributed by atoms with Crippen molar-refractivity contribution in [2.45, 2.75) is 36.7 Å². The molecule has 49 heavy (non-hydrogen) atoms. The molecule has 2 heterocycles. The summed E-state index contributed by atoms with van der Waals surface area (Å²) in [6.07, 6.45) is -4.58. The van der Waals surface area contributed by atoms with Crippen molar-refractivity contribution < 1.29 is 37.7 Å². The van der Waals surface area contributed by atoms with Crippen LogP contribution in [0.2, 0.25) is 5.02 Å². The average Bonchev–Trinajstić information content (AvgIpc) is 3.37. The zero-order valence-corrected chi connectivity index (χ0v) is 26.3. The maximum Gasteiger partial charge on any atom is 0.351 e. The molecule has 5 atom stereocenters. The number of alkyl halides is 1. The van der Waals surface area contributed by atoms with Crippen molar-refractivity contribution in [2.75, 3.05) is 18.5 Å². The van der Waals surface area contributed by atoms with Crippen LogP contribution < -0.4 is 11.0 Å². The minimum Gasteiger partial charge on any atom is -0.466 e. The summed E-state index contributed by atoms with van der Waals surface area (Å²) in [4.78, 5) is 56.9. The van der Waals surface area contributed by atoms with E-state index in [0.29, 0.717) is 12.9 Å². The van der Waals surface area contributed by atoms with E-state index in [1.54, 1.807) is 18.2 Å². The van der Waals surface area contributed by atoms with Crippen LogP contribution in [0.3, 0.4) is 0 Å². The van der Waals surface area contributed by atoms with Gasteiger partial charge in [0.2, 0.25) is 5.72 Å². The molecule has 14 nitrogen and oxygen atoms in total. The van der Waals surface area contributed by atoms with Crippen LogP contribution in [0.1, 0.15) is 32.5 Å². The number of benzene rings is 3. The number of anilines is 1. The molecule has 0 spiro atoms. The van der Waals surface area contributed by atoms with Gasteiger partial charge in [-0.25, -0.2) is 18.8 Å². The van der Waals surface area contributed by atoms with Crippen LogP contribution in [0.25, 0.3) is 10.4 Å². The molecule has 0 saturated carbocycles. The van der Waals surface area contributed by atoms with E-state index in [1.165, 1.54) is 48.7 Å². The second kappa shape index (κ2) is 15.9. The van der Waals surface area contributed by atoms with Gasteiger partial charge >= 0.3 is 17.6 Å². The summed E-state index contributed by atoms with van der Waals surface area (Å²) in [5.41, 5.74) is 7.04. The summed E-state index contributed by atoms with van der Waals surface area (Å²) in [7, 11) is 0. The maximum absolute atomic E-state index is 16.4. The monoisotopic (exact) mass is 690 g/mol. The lowest BCUT2D eigenvalue weighted by Gasteiger charge is -2.28. The van der Waals surface area contributed by atoms with Crippen molar-refractivity contribution in [1.29, 1.82) is 0 Å². The fourth-order valence-electron chi connectivity index (χ4n) is 5.13. The Hall–Kier alpha value is -5.76. The molecule has 1 N–H and O–H groups in total. The van der Waals surface area contributed by atoms with Gasteiger partial charge in [0, 0.05) is 16.1 Å². The predicted molar refractivity (Wildman–Crippen MR) is 172 cm³/mol. The number of ether oxygens (including phenoxy) is 4. The number of rotatable bonds is 14. The smallest absolute Gasteiger partial charge is 0.351 e. The predicted octanol–water partition coefficient (Wildman–Crippen LogP) is 5.05. The van der Waals surface area contributed by atoms with Crippen LogP contribution in [0.4, 0.5) is 10.2 Å². The molecule has 3 aromatic carbocycles. The second-order valence-corrected chi connectivity index (χ2v) is 11.2. The van der Waals surface area contributed by atoms with Crippen molar-refractivity contribution in [3.63, 3.8) is 0 Å². The zero-order valence-electron chi connectivity index (χ0n) is 25.5. The molecule has 0 bridgehead atoms. The lowest BCUT2D eigenvalue weighted by molar-refractivity contribution is -0.129. The lowest BCUT2D eigenvalue weighted by atomic mass is 10.1. The third kappa shape index (κ3) is 8.40. The third-order valence-electron chi connectivity index (χ3n) is 7.41. The van der Waals surface area contributed by atoms with Gasteiger partial charge in [-0.1, -0.05) is 71.3 Å². The SMILES string of the molecule is [N-]=[N+]=N[C@]1(COC(=O)c2cccc(Cl)c2)OC(n2ccc(N[C@H](COC=O)Cc3ccccc3)nc2=O)[C@@H](F)C1OC(=O)c1ccccc1. The fourth-order valence-corrected chi connectivity index (χ4v) is 5.33. The highest BCUT2D eigenvalue weighted by molar-refractivity contribution is 6.30. The number of nitrogens with zero attached hydrogens (tertiary/aromatic N) is 5. The van der Waals surface area contributed by atoms with Gasteiger partial charge in [0.1, 0.15) is 19.0 Å². The highest BCUT2D eigenvalue weighted by Gasteiger charge is 2.60. The van der Waals surface area contributed by atoms with Crippen LogP contribution in [-0.4, -0.2) is 65.2 Å². The van der Waals surface area contributed by atoms with Gasteiger partial charge in [0.15, 0.2) is 18.5 Å². The minimum absolute atomic E-state index is 0.0281. The highest BCUT2D eigenvalue weighted by atomic mass is 35.5. The summed E-state index contributed by atoms with van der Waals surface area (Å²) in [5.74, 6) is -1.85. The van der Waals surface area contributed by atoms with E-state index < -0.39 is 54.5 Å². The molecule has 16 heteroatoms. The fraction of sp³-hybridized carbons (Fsp3) is 0.242. The molecule has 1 fully saturated rings. The van der Waals surface area contributed by atoms with Gasteiger partial charge in [-0.2, -0.15) is 4.98 Å². The number of nitrogens with one attached hydrogen (secondary N) is 1. The largest absolute Gasteiger partial charge is 0.466 e. The summed E-state index contributed by atoms with van der Waals surface area (Å²) in [6.45, 7) is -0.655. The number of hydrogen-bond donors (Lipinski definition) is 1. The number of esters is 2. The van der Waals surface area contributed by atoms with Crippen LogP contribution in [-0.2, 0) is 30.2 Å². The number of halogens is 2. The molecule has 5 rings (SSSR count). The molecule has 2 unspecified atom stereocenters. The molecule has 1 aliphatic rings. The first kappa shape index (κ1) is 34.6. The third-order valence-corrected chi connectivity index (χ3v) is 7.64. The molecular weight excluding hydrogens is 663 g/mol. The van der Waals surface area contributed by atoms with Crippen molar-refractivity contribution in [3.05, 3.63) is 140 Å². The van der Waals surface area contributed by atoms with Gasteiger partial charge in [0.05, 0.1) is 17.2 Å². The van der Waals surface area contributed by atoms with Crippen LogP contribution in [0.5, 0.6) is 0 Å². The zero-order chi connectivity index (χ0) is 34.8. The first-order valence-corrected chi connectivity index (χ1v) is 15.1. The molecule has 4 aromatic rings. The molecule has 1 aromatic heterocycles. The molecule has 252 valence electrons. The second-order valence-electron chi connectivity index (χ2n) is 10.7. The Balaban J connectivity index is 1.43. The average molecular weight is 691 g/mol. The Bertz CT molecular complexity index is 1900. The topological polar surface area (TPSA) is 184 Å². The number of aromatic nitrogens is 2. The minimum atomic E-state index is -2.46. The van der Waals surface area contributed by atoms with Crippen molar-refractivity contribution in [2.24, 2.45) is 5.11 Å². The Morgan fingerprint density at radius 1 is 1.08 bits per heavy atom. The van der Waals surface area contributed by atoms with E-state index >= 15 is 4.39 Å². The first-order valence-electron chi connectivity index (χ1n) is 14.7. The lowest BCUT2D eigenvalue weighted by Crippen LogP contribution is -2.47. The quantitative estimate of drug-likeness (QED) is 0.0469. The summed E-state index contributed by atoms with van der Waals surface area (Å²) >= 11 is 5.98. The van der Waals surface area contributed by atoms with Crippen molar-refractivity contribution in [1.82, 2.24) is 9.55 Å². The van der Waals surface area contributed by atoms with Gasteiger partial charge in [0.25, 0.3) is 6.47 Å². The molecule has 1 saturated heterocycles. The van der Waals surface area contributed by atoms with Gasteiger partial charge < -0.3 is 24.3 Å². The van der Waals surface area contributed by atoms with Crippen LogP contribution in [0, 0.1) is 0 Å². The Kier molecular flexibility index (Phi) is 11.2. The van der Waals surface area contributed by atoms with Gasteiger partial charge in [-0.3, -0.25) is 9.36 Å². The molecule has 0 radical (unpaired) electrons. The van der Waals surface area contributed by atoms with Gasteiger partial charge in [-0.05, 0) is 53.9 Å². The van der Waals surface area contributed by atoms with E-state index in [2.05, 4.69) is 20.3 Å². The highest BCUT2D eigenvalue weighted by Crippen LogP contribution is 2.42. The van der Waals surface area contributed by atoms with Crippen molar-refractivity contribution >= 4 is 35.8 Å².